The Balaban J connectivity index is 1.72. The third kappa shape index (κ3) is 4.27. The number of pyridine rings is 1. The molecule has 2 aromatic heterocycles. The summed E-state index contributed by atoms with van der Waals surface area (Å²) in [5.74, 6) is 1.54. The number of amides is 1. The Hall–Kier alpha value is -3.15. The van der Waals surface area contributed by atoms with Crippen molar-refractivity contribution in [3.8, 4) is 17.2 Å². The van der Waals surface area contributed by atoms with E-state index >= 15 is 0 Å². The number of anilines is 1. The van der Waals surface area contributed by atoms with Crippen LogP contribution in [0.15, 0.2) is 53.2 Å². The molecule has 0 aliphatic heterocycles. The predicted molar refractivity (Wildman–Crippen MR) is 99.0 cm³/mol. The second-order valence-corrected chi connectivity index (χ2v) is 6.15. The number of hydrogen-bond acceptors (Lipinski definition) is 5. The Morgan fingerprint density at radius 1 is 1.23 bits per heavy atom. The first kappa shape index (κ1) is 17.7. The molecule has 0 fully saturated rings. The van der Waals surface area contributed by atoms with Crippen molar-refractivity contribution in [3.05, 3.63) is 60.2 Å². The standard InChI is InChI=1S/C20H21N3O3/c1-13(2)25-18-9-5-4-8-16(18)22-19(24)11-17-14(3)26-20(23-17)15-7-6-10-21-12-15/h4-10,12-13H,11H2,1-3H3,(H,22,24). The largest absolute Gasteiger partial charge is 0.489 e. The minimum absolute atomic E-state index is 0.0212. The molecule has 1 aromatic carbocycles. The van der Waals surface area contributed by atoms with Crippen LogP contribution in [0, 0.1) is 6.92 Å². The number of aryl methyl sites for hydroxylation is 1. The molecule has 134 valence electrons. The van der Waals surface area contributed by atoms with Crippen LogP contribution in [0.25, 0.3) is 11.5 Å². The van der Waals surface area contributed by atoms with Gasteiger partial charge < -0.3 is 14.5 Å². The summed E-state index contributed by atoms with van der Waals surface area (Å²) in [5.41, 5.74) is 2.02. The molecule has 6 heteroatoms. The van der Waals surface area contributed by atoms with Crippen LogP contribution in [0.1, 0.15) is 25.3 Å². The summed E-state index contributed by atoms with van der Waals surface area (Å²) in [6, 6.07) is 11.0. The van der Waals surface area contributed by atoms with Crippen LogP contribution in [-0.2, 0) is 11.2 Å². The number of carbonyl (C=O) groups excluding carboxylic acids is 1. The topological polar surface area (TPSA) is 77.2 Å². The maximum atomic E-state index is 12.5. The average molecular weight is 351 g/mol. The van der Waals surface area contributed by atoms with Gasteiger partial charge in [-0.3, -0.25) is 9.78 Å². The molecule has 0 saturated carbocycles. The number of nitrogens with zero attached hydrogens (tertiary/aromatic N) is 2. The molecule has 1 amide bonds. The molecule has 1 N–H and O–H groups in total. The van der Waals surface area contributed by atoms with Crippen LogP contribution in [0.3, 0.4) is 0 Å². The lowest BCUT2D eigenvalue weighted by atomic mass is 10.2. The van der Waals surface area contributed by atoms with Crippen LogP contribution in [0.5, 0.6) is 5.75 Å². The summed E-state index contributed by atoms with van der Waals surface area (Å²) in [7, 11) is 0. The molecule has 26 heavy (non-hydrogen) atoms. The van der Waals surface area contributed by atoms with Crippen molar-refractivity contribution in [1.29, 1.82) is 0 Å². The van der Waals surface area contributed by atoms with Gasteiger partial charge in [0.05, 0.1) is 29.5 Å². The van der Waals surface area contributed by atoms with Crippen LogP contribution in [0.2, 0.25) is 0 Å². The van der Waals surface area contributed by atoms with Crippen molar-refractivity contribution < 1.29 is 13.9 Å². The van der Waals surface area contributed by atoms with E-state index in [4.69, 9.17) is 9.15 Å². The lowest BCUT2D eigenvalue weighted by molar-refractivity contribution is -0.115. The molecule has 6 nitrogen and oxygen atoms in total. The third-order valence-electron chi connectivity index (χ3n) is 3.65. The van der Waals surface area contributed by atoms with Gasteiger partial charge in [0.2, 0.25) is 11.8 Å². The fourth-order valence-electron chi connectivity index (χ4n) is 2.48. The molecule has 0 radical (unpaired) electrons. The van der Waals surface area contributed by atoms with E-state index in [1.807, 2.05) is 50.2 Å². The number of carbonyl (C=O) groups is 1. The molecule has 0 bridgehead atoms. The van der Waals surface area contributed by atoms with Gasteiger partial charge in [0.1, 0.15) is 11.5 Å². The van der Waals surface area contributed by atoms with E-state index in [1.165, 1.54) is 0 Å². The van der Waals surface area contributed by atoms with Crippen LogP contribution in [-0.4, -0.2) is 22.0 Å². The number of ether oxygens (including phenoxy) is 1. The number of hydrogen-bond donors (Lipinski definition) is 1. The van der Waals surface area contributed by atoms with Crippen molar-refractivity contribution in [1.82, 2.24) is 9.97 Å². The molecule has 0 spiro atoms. The highest BCUT2D eigenvalue weighted by Gasteiger charge is 2.16. The number of nitrogens with one attached hydrogen (secondary N) is 1. The van der Waals surface area contributed by atoms with Gasteiger partial charge in [-0.15, -0.1) is 0 Å². The number of aromatic nitrogens is 2. The molecule has 0 aliphatic carbocycles. The van der Waals surface area contributed by atoms with Gasteiger partial charge in [0.15, 0.2) is 0 Å². The zero-order valence-corrected chi connectivity index (χ0v) is 15.0. The Kier molecular flexibility index (Phi) is 5.31. The van der Waals surface area contributed by atoms with Crippen molar-refractivity contribution >= 4 is 11.6 Å². The van der Waals surface area contributed by atoms with Crippen LogP contribution >= 0.6 is 0 Å². The van der Waals surface area contributed by atoms with E-state index in [2.05, 4.69) is 15.3 Å². The van der Waals surface area contributed by atoms with E-state index in [0.29, 0.717) is 28.8 Å². The first-order valence-corrected chi connectivity index (χ1v) is 8.45. The van der Waals surface area contributed by atoms with Crippen molar-refractivity contribution in [2.24, 2.45) is 0 Å². The zero-order valence-electron chi connectivity index (χ0n) is 15.0. The maximum absolute atomic E-state index is 12.5. The molecule has 2 heterocycles. The molecule has 0 aliphatic rings. The second-order valence-electron chi connectivity index (χ2n) is 6.15. The molecule has 3 rings (SSSR count). The average Bonchev–Trinajstić information content (AvgIpc) is 2.97. The van der Waals surface area contributed by atoms with E-state index in [9.17, 15) is 4.79 Å². The normalized spacial score (nSPS) is 10.8. The first-order chi connectivity index (χ1) is 12.5. The van der Waals surface area contributed by atoms with Gasteiger partial charge in [-0.25, -0.2) is 4.98 Å². The van der Waals surface area contributed by atoms with E-state index in [0.717, 1.165) is 5.56 Å². The lowest BCUT2D eigenvalue weighted by Gasteiger charge is -2.14. The number of oxazole rings is 1. The quantitative estimate of drug-likeness (QED) is 0.726. The smallest absolute Gasteiger partial charge is 0.230 e. The Labute approximate surface area is 152 Å². The van der Waals surface area contributed by atoms with Crippen LogP contribution < -0.4 is 10.1 Å². The molecule has 3 aromatic rings. The summed E-state index contributed by atoms with van der Waals surface area (Å²) in [6.07, 6.45) is 3.50. The monoisotopic (exact) mass is 351 g/mol. The van der Waals surface area contributed by atoms with Gasteiger partial charge in [-0.2, -0.15) is 0 Å². The highest BCUT2D eigenvalue weighted by molar-refractivity contribution is 5.93. The van der Waals surface area contributed by atoms with Crippen LogP contribution in [0.4, 0.5) is 5.69 Å². The van der Waals surface area contributed by atoms with Crippen molar-refractivity contribution in [2.45, 2.75) is 33.3 Å². The third-order valence-corrected chi connectivity index (χ3v) is 3.65. The summed E-state index contributed by atoms with van der Waals surface area (Å²) >= 11 is 0. The molecular weight excluding hydrogens is 330 g/mol. The Morgan fingerprint density at radius 2 is 2.04 bits per heavy atom. The van der Waals surface area contributed by atoms with Gasteiger partial charge in [-0.1, -0.05) is 12.1 Å². The minimum atomic E-state index is -0.182. The summed E-state index contributed by atoms with van der Waals surface area (Å²) in [6.45, 7) is 5.68. The predicted octanol–water partition coefficient (Wildman–Crippen LogP) is 4.01. The van der Waals surface area contributed by atoms with E-state index in [-0.39, 0.29) is 18.4 Å². The fraction of sp³-hybridized carbons (Fsp3) is 0.250. The highest BCUT2D eigenvalue weighted by atomic mass is 16.5. The van der Waals surface area contributed by atoms with Gasteiger partial charge in [0.25, 0.3) is 0 Å². The van der Waals surface area contributed by atoms with Gasteiger partial charge in [0, 0.05) is 12.4 Å². The van der Waals surface area contributed by atoms with E-state index in [1.54, 1.807) is 19.3 Å². The van der Waals surface area contributed by atoms with E-state index < -0.39 is 0 Å². The molecular formula is C20H21N3O3. The van der Waals surface area contributed by atoms with Gasteiger partial charge in [-0.05, 0) is 45.0 Å². The SMILES string of the molecule is Cc1oc(-c2cccnc2)nc1CC(=O)Nc1ccccc1OC(C)C. The van der Waals surface area contributed by atoms with Gasteiger partial charge >= 0.3 is 0 Å². The van der Waals surface area contributed by atoms with Crippen molar-refractivity contribution in [2.75, 3.05) is 5.32 Å². The highest BCUT2D eigenvalue weighted by Crippen LogP contribution is 2.26. The molecule has 0 unspecified atom stereocenters. The lowest BCUT2D eigenvalue weighted by Crippen LogP contribution is -2.17. The Bertz CT molecular complexity index is 888. The minimum Gasteiger partial charge on any atom is -0.489 e. The second kappa shape index (κ2) is 7.82. The Morgan fingerprint density at radius 3 is 2.77 bits per heavy atom. The number of benzene rings is 1. The van der Waals surface area contributed by atoms with Crippen molar-refractivity contribution in [3.63, 3.8) is 0 Å². The molecule has 0 saturated heterocycles. The summed E-state index contributed by atoms with van der Waals surface area (Å²) < 4.78 is 11.4. The summed E-state index contributed by atoms with van der Waals surface area (Å²) in [5, 5.41) is 2.88. The maximum Gasteiger partial charge on any atom is 0.230 e. The fourth-order valence-corrected chi connectivity index (χ4v) is 2.48. The first-order valence-electron chi connectivity index (χ1n) is 8.45. The summed E-state index contributed by atoms with van der Waals surface area (Å²) in [4.78, 5) is 20.9. The number of rotatable bonds is 6. The molecule has 0 atom stereocenters. The zero-order chi connectivity index (χ0) is 18.5. The number of para-hydroxylation sites is 2.